The number of aliphatic carboxylic acids is 1. The van der Waals surface area contributed by atoms with Crippen molar-refractivity contribution < 1.29 is 24.1 Å². The summed E-state index contributed by atoms with van der Waals surface area (Å²) >= 11 is 0. The molecule has 0 saturated carbocycles. The largest absolute Gasteiger partial charge is 0.495 e. The van der Waals surface area contributed by atoms with Gasteiger partial charge in [0, 0.05) is 18.6 Å². The van der Waals surface area contributed by atoms with Crippen molar-refractivity contribution in [3.63, 3.8) is 0 Å². The normalized spacial score (nSPS) is 16.0. The maximum absolute atomic E-state index is 10.9. The first-order valence-corrected chi connectivity index (χ1v) is 6.36. The van der Waals surface area contributed by atoms with Crippen LogP contribution in [0.5, 0.6) is 23.1 Å². The summed E-state index contributed by atoms with van der Waals surface area (Å²) in [5.74, 6) is 1.17. The molecule has 0 aliphatic carbocycles. The Morgan fingerprint density at radius 3 is 2.81 bits per heavy atom. The fourth-order valence-electron chi connectivity index (χ4n) is 2.08. The number of carbonyl (C=O) groups is 1. The molecule has 1 unspecified atom stereocenters. The molecule has 2 heterocycles. The summed E-state index contributed by atoms with van der Waals surface area (Å²) in [6, 6.07) is 8.67. The molecule has 0 amide bonds. The smallest absolute Gasteiger partial charge is 0.345 e. The Labute approximate surface area is 120 Å². The van der Waals surface area contributed by atoms with Gasteiger partial charge in [0.2, 0.25) is 5.88 Å². The highest BCUT2D eigenvalue weighted by Crippen LogP contribution is 2.34. The van der Waals surface area contributed by atoms with Gasteiger partial charge >= 0.3 is 5.97 Å². The first-order chi connectivity index (χ1) is 10.2. The first-order valence-electron chi connectivity index (χ1n) is 6.36. The van der Waals surface area contributed by atoms with Crippen LogP contribution >= 0.6 is 0 Å². The average Bonchev–Trinajstić information content (AvgIpc) is 2.91. The number of pyridine rings is 1. The molecule has 6 nitrogen and oxygen atoms in total. The third kappa shape index (κ3) is 2.74. The molecule has 0 spiro atoms. The third-order valence-corrected chi connectivity index (χ3v) is 3.16. The van der Waals surface area contributed by atoms with E-state index in [1.54, 1.807) is 43.6 Å². The lowest BCUT2D eigenvalue weighted by Crippen LogP contribution is -2.24. The lowest BCUT2D eigenvalue weighted by molar-refractivity contribution is -0.144. The van der Waals surface area contributed by atoms with Crippen molar-refractivity contribution in [1.29, 1.82) is 0 Å². The second-order valence-corrected chi connectivity index (χ2v) is 4.56. The van der Waals surface area contributed by atoms with Gasteiger partial charge in [-0.15, -0.1) is 0 Å². The topological polar surface area (TPSA) is 77.9 Å². The highest BCUT2D eigenvalue weighted by atomic mass is 16.5. The Balaban J connectivity index is 1.76. The number of hydrogen-bond donors (Lipinski definition) is 1. The molecule has 3 rings (SSSR count). The SMILES string of the molecule is COc1ccc(Oc2ccc3c(c2)OC(C(=O)O)C3)nc1. The second kappa shape index (κ2) is 5.32. The summed E-state index contributed by atoms with van der Waals surface area (Å²) in [7, 11) is 1.56. The lowest BCUT2D eigenvalue weighted by Gasteiger charge is -2.07. The van der Waals surface area contributed by atoms with E-state index in [0.29, 0.717) is 29.5 Å². The van der Waals surface area contributed by atoms with E-state index in [2.05, 4.69) is 4.98 Å². The van der Waals surface area contributed by atoms with E-state index in [1.165, 1.54) is 0 Å². The van der Waals surface area contributed by atoms with E-state index in [9.17, 15) is 4.79 Å². The lowest BCUT2D eigenvalue weighted by atomic mass is 10.1. The number of fused-ring (bicyclic) bond motifs is 1. The van der Waals surface area contributed by atoms with Gasteiger partial charge in [-0.25, -0.2) is 9.78 Å². The van der Waals surface area contributed by atoms with E-state index >= 15 is 0 Å². The molecule has 2 aromatic rings. The summed E-state index contributed by atoms with van der Waals surface area (Å²) in [5, 5.41) is 8.96. The molecule has 1 aliphatic heterocycles. The number of aromatic nitrogens is 1. The molecule has 1 aliphatic rings. The van der Waals surface area contributed by atoms with Gasteiger partial charge in [0.15, 0.2) is 6.10 Å². The zero-order chi connectivity index (χ0) is 14.8. The predicted molar refractivity (Wildman–Crippen MR) is 73.1 cm³/mol. The van der Waals surface area contributed by atoms with E-state index in [-0.39, 0.29) is 0 Å². The van der Waals surface area contributed by atoms with Gasteiger partial charge in [0.05, 0.1) is 13.3 Å². The van der Waals surface area contributed by atoms with Gasteiger partial charge in [0.1, 0.15) is 17.2 Å². The minimum Gasteiger partial charge on any atom is -0.495 e. The number of hydrogen-bond acceptors (Lipinski definition) is 5. The first kappa shape index (κ1) is 13.2. The Morgan fingerprint density at radius 2 is 2.14 bits per heavy atom. The highest BCUT2D eigenvalue weighted by molar-refractivity contribution is 5.74. The molecule has 1 N–H and O–H groups in total. The predicted octanol–water partition coefficient (Wildman–Crippen LogP) is 2.27. The van der Waals surface area contributed by atoms with Crippen LogP contribution < -0.4 is 14.2 Å². The Hall–Kier alpha value is -2.76. The molecule has 0 bridgehead atoms. The fraction of sp³-hybridized carbons (Fsp3) is 0.200. The second-order valence-electron chi connectivity index (χ2n) is 4.56. The summed E-state index contributed by atoms with van der Waals surface area (Å²) in [4.78, 5) is 15.0. The summed E-state index contributed by atoms with van der Waals surface area (Å²) in [5.41, 5.74) is 0.859. The minimum absolute atomic E-state index is 0.367. The maximum Gasteiger partial charge on any atom is 0.345 e. The number of carboxylic acid groups (broad SMARTS) is 1. The monoisotopic (exact) mass is 287 g/mol. The minimum atomic E-state index is -0.967. The fourth-order valence-corrected chi connectivity index (χ4v) is 2.08. The molecule has 1 atom stereocenters. The molecule has 1 aromatic heterocycles. The van der Waals surface area contributed by atoms with Gasteiger partial charge in [-0.2, -0.15) is 0 Å². The van der Waals surface area contributed by atoms with Gasteiger partial charge in [-0.3, -0.25) is 0 Å². The van der Waals surface area contributed by atoms with Crippen LogP contribution in [0.2, 0.25) is 0 Å². The van der Waals surface area contributed by atoms with Crippen molar-refractivity contribution in [2.75, 3.05) is 7.11 Å². The molecular weight excluding hydrogens is 274 g/mol. The van der Waals surface area contributed by atoms with Crippen LogP contribution in [0.3, 0.4) is 0 Å². The van der Waals surface area contributed by atoms with Gasteiger partial charge < -0.3 is 19.3 Å². The van der Waals surface area contributed by atoms with Gasteiger partial charge in [0.25, 0.3) is 0 Å². The van der Waals surface area contributed by atoms with Gasteiger partial charge in [-0.05, 0) is 17.7 Å². The molecule has 1 aromatic carbocycles. The van der Waals surface area contributed by atoms with Crippen molar-refractivity contribution in [2.24, 2.45) is 0 Å². The van der Waals surface area contributed by atoms with Crippen molar-refractivity contribution in [3.05, 3.63) is 42.1 Å². The standard InChI is InChI=1S/C15H13NO5/c1-19-11-4-5-14(16-8-11)20-10-3-2-9-6-13(15(17)18)21-12(9)7-10/h2-5,7-8,13H,6H2,1H3,(H,17,18). The van der Waals surface area contributed by atoms with Crippen LogP contribution in [0, 0.1) is 0 Å². The Kier molecular flexibility index (Phi) is 3.35. The van der Waals surface area contributed by atoms with Crippen LogP contribution in [0.1, 0.15) is 5.56 Å². The average molecular weight is 287 g/mol. The van der Waals surface area contributed by atoms with E-state index in [0.717, 1.165) is 5.56 Å². The van der Waals surface area contributed by atoms with Crippen LogP contribution in [0.15, 0.2) is 36.5 Å². The van der Waals surface area contributed by atoms with Crippen LogP contribution in [0.4, 0.5) is 0 Å². The Bertz CT molecular complexity index is 668. The summed E-state index contributed by atoms with van der Waals surface area (Å²) in [6.45, 7) is 0. The zero-order valence-electron chi connectivity index (χ0n) is 11.3. The zero-order valence-corrected chi connectivity index (χ0v) is 11.3. The maximum atomic E-state index is 10.9. The van der Waals surface area contributed by atoms with Crippen LogP contribution in [-0.4, -0.2) is 29.3 Å². The van der Waals surface area contributed by atoms with Crippen LogP contribution in [-0.2, 0) is 11.2 Å². The van der Waals surface area contributed by atoms with E-state index in [1.807, 2.05) is 0 Å². The molecule has 6 heteroatoms. The van der Waals surface area contributed by atoms with E-state index in [4.69, 9.17) is 19.3 Å². The molecule has 108 valence electrons. The number of ether oxygens (including phenoxy) is 3. The summed E-state index contributed by atoms with van der Waals surface area (Å²) < 4.78 is 16.0. The van der Waals surface area contributed by atoms with Gasteiger partial charge in [-0.1, -0.05) is 6.07 Å². The molecule has 21 heavy (non-hydrogen) atoms. The van der Waals surface area contributed by atoms with Crippen molar-refractivity contribution in [2.45, 2.75) is 12.5 Å². The number of methoxy groups -OCH3 is 1. The quantitative estimate of drug-likeness (QED) is 0.929. The number of benzene rings is 1. The Morgan fingerprint density at radius 1 is 1.33 bits per heavy atom. The number of carboxylic acids is 1. The highest BCUT2D eigenvalue weighted by Gasteiger charge is 2.29. The van der Waals surface area contributed by atoms with Crippen molar-refractivity contribution in [3.8, 4) is 23.1 Å². The van der Waals surface area contributed by atoms with Crippen LogP contribution in [0.25, 0.3) is 0 Å². The molecule has 0 fully saturated rings. The van der Waals surface area contributed by atoms with Crippen molar-refractivity contribution in [1.82, 2.24) is 4.98 Å². The summed E-state index contributed by atoms with van der Waals surface area (Å²) in [6.07, 6.45) is 1.10. The number of rotatable bonds is 4. The van der Waals surface area contributed by atoms with Crippen molar-refractivity contribution >= 4 is 5.97 Å². The number of nitrogens with zero attached hydrogens (tertiary/aromatic N) is 1. The molecular formula is C15H13NO5. The third-order valence-electron chi connectivity index (χ3n) is 3.16. The molecule has 0 saturated heterocycles. The molecule has 0 radical (unpaired) electrons. The van der Waals surface area contributed by atoms with E-state index < -0.39 is 12.1 Å².